The molecule has 0 amide bonds. The molecule has 0 radical (unpaired) electrons. The fraction of sp³-hybridized carbons (Fsp3) is 0. The van der Waals surface area contributed by atoms with Crippen LogP contribution in [0, 0.1) is 17.5 Å². The number of anilines is 1. The molecule has 150 valence electrons. The lowest BCUT2D eigenvalue weighted by molar-refractivity contribution is 0.0693. The van der Waals surface area contributed by atoms with Crippen LogP contribution in [0.2, 0.25) is 0 Å². The summed E-state index contributed by atoms with van der Waals surface area (Å²) in [6, 6.07) is 8.90. The number of aromatic hydroxyl groups is 1. The fourth-order valence-electron chi connectivity index (χ4n) is 2.60. The summed E-state index contributed by atoms with van der Waals surface area (Å²) in [4.78, 5) is 10.5. The molecule has 0 bridgehead atoms. The maximum Gasteiger partial charge on any atom is 0.339 e. The number of carbonyl (C=O) groups is 1. The quantitative estimate of drug-likeness (QED) is 0.539. The Morgan fingerprint density at radius 1 is 0.931 bits per heavy atom. The first-order chi connectivity index (χ1) is 13.6. The summed E-state index contributed by atoms with van der Waals surface area (Å²) in [6.07, 6.45) is 0. The fourth-order valence-corrected chi connectivity index (χ4v) is 3.70. The summed E-state index contributed by atoms with van der Waals surface area (Å²) in [7, 11) is -4.28. The Morgan fingerprint density at radius 3 is 2.28 bits per heavy atom. The molecule has 0 aliphatic heterocycles. The van der Waals surface area contributed by atoms with Gasteiger partial charge in [0.15, 0.2) is 11.6 Å². The summed E-state index contributed by atoms with van der Waals surface area (Å²) in [5, 5.41) is 18.6. The number of phenols is 1. The molecule has 0 aliphatic carbocycles. The molecular formula is C19H12F3NO5S. The summed E-state index contributed by atoms with van der Waals surface area (Å²) in [6.45, 7) is 0. The van der Waals surface area contributed by atoms with Gasteiger partial charge in [0.25, 0.3) is 10.0 Å². The van der Waals surface area contributed by atoms with Crippen molar-refractivity contribution in [2.75, 3.05) is 4.72 Å². The van der Waals surface area contributed by atoms with Crippen molar-refractivity contribution >= 4 is 21.7 Å². The molecule has 3 aromatic carbocycles. The molecule has 0 saturated heterocycles. The van der Waals surface area contributed by atoms with E-state index in [0.29, 0.717) is 6.07 Å². The van der Waals surface area contributed by atoms with E-state index in [1.54, 1.807) is 0 Å². The van der Waals surface area contributed by atoms with Gasteiger partial charge >= 0.3 is 5.97 Å². The predicted octanol–water partition coefficient (Wildman–Crippen LogP) is 3.98. The Hall–Kier alpha value is -3.53. The minimum absolute atomic E-state index is 0.138. The summed E-state index contributed by atoms with van der Waals surface area (Å²) >= 11 is 0. The summed E-state index contributed by atoms with van der Waals surface area (Å²) < 4.78 is 68.7. The lowest BCUT2D eigenvalue weighted by Gasteiger charge is -2.11. The monoisotopic (exact) mass is 423 g/mol. The number of nitrogens with one attached hydrogen (secondary N) is 1. The van der Waals surface area contributed by atoms with Crippen LogP contribution in [0.5, 0.6) is 5.75 Å². The maximum absolute atomic E-state index is 14.0. The molecule has 3 N–H and O–H groups in total. The molecule has 0 aliphatic rings. The van der Waals surface area contributed by atoms with Gasteiger partial charge in [-0.05, 0) is 42.0 Å². The van der Waals surface area contributed by atoms with Crippen molar-refractivity contribution in [2.24, 2.45) is 0 Å². The predicted molar refractivity (Wildman–Crippen MR) is 97.6 cm³/mol. The average molecular weight is 423 g/mol. The summed E-state index contributed by atoms with van der Waals surface area (Å²) in [5.41, 5.74) is -1.48. The van der Waals surface area contributed by atoms with Crippen molar-refractivity contribution in [2.45, 2.75) is 4.90 Å². The van der Waals surface area contributed by atoms with Crippen LogP contribution in [-0.2, 0) is 10.0 Å². The van der Waals surface area contributed by atoms with E-state index < -0.39 is 50.3 Å². The molecule has 29 heavy (non-hydrogen) atoms. The topological polar surface area (TPSA) is 104 Å². The van der Waals surface area contributed by atoms with Gasteiger partial charge in [0.1, 0.15) is 17.1 Å². The normalized spacial score (nSPS) is 11.3. The number of hydrogen-bond donors (Lipinski definition) is 3. The highest BCUT2D eigenvalue weighted by molar-refractivity contribution is 7.92. The molecule has 0 heterocycles. The Bertz CT molecular complexity index is 1230. The van der Waals surface area contributed by atoms with E-state index >= 15 is 0 Å². The molecule has 0 spiro atoms. The third kappa shape index (κ3) is 4.02. The van der Waals surface area contributed by atoms with Crippen molar-refractivity contribution in [1.29, 1.82) is 0 Å². The van der Waals surface area contributed by atoms with Crippen LogP contribution in [-0.4, -0.2) is 24.6 Å². The minimum Gasteiger partial charge on any atom is -0.507 e. The van der Waals surface area contributed by atoms with Gasteiger partial charge < -0.3 is 10.2 Å². The van der Waals surface area contributed by atoms with Gasteiger partial charge in [-0.2, -0.15) is 0 Å². The smallest absolute Gasteiger partial charge is 0.339 e. The number of hydrogen-bond acceptors (Lipinski definition) is 4. The van der Waals surface area contributed by atoms with Gasteiger partial charge in [0.2, 0.25) is 0 Å². The molecule has 0 fully saturated rings. The zero-order valence-corrected chi connectivity index (χ0v) is 15.2. The first-order valence-electron chi connectivity index (χ1n) is 7.93. The SMILES string of the molecule is O=C(O)c1ccc(NS(=O)(=O)c2cccc(-c3c(F)ccc(F)c3F)c2)cc1O. The number of sulfonamides is 1. The number of benzene rings is 3. The summed E-state index contributed by atoms with van der Waals surface area (Å²) in [5.74, 6) is -5.87. The van der Waals surface area contributed by atoms with Crippen LogP contribution in [0.3, 0.4) is 0 Å². The first kappa shape index (κ1) is 20.2. The van der Waals surface area contributed by atoms with Crippen LogP contribution in [0.4, 0.5) is 18.9 Å². The lowest BCUT2D eigenvalue weighted by atomic mass is 10.0. The van der Waals surface area contributed by atoms with E-state index in [0.717, 1.165) is 36.4 Å². The second-order valence-corrected chi connectivity index (χ2v) is 7.57. The maximum atomic E-state index is 14.0. The lowest BCUT2D eigenvalue weighted by Crippen LogP contribution is -2.13. The van der Waals surface area contributed by atoms with Crippen LogP contribution in [0.25, 0.3) is 11.1 Å². The highest BCUT2D eigenvalue weighted by Gasteiger charge is 2.20. The number of rotatable bonds is 5. The Balaban J connectivity index is 1.99. The molecule has 10 heteroatoms. The number of carboxylic acid groups (broad SMARTS) is 1. The average Bonchev–Trinajstić information content (AvgIpc) is 2.65. The van der Waals surface area contributed by atoms with Crippen LogP contribution in [0.1, 0.15) is 10.4 Å². The van der Waals surface area contributed by atoms with E-state index in [-0.39, 0.29) is 16.1 Å². The standard InChI is InChI=1S/C19H12F3NO5S/c20-14-6-7-15(21)18(22)17(14)10-2-1-3-12(8-10)29(27,28)23-11-4-5-13(19(25)26)16(24)9-11/h1-9,23-24H,(H,25,26). The molecule has 0 unspecified atom stereocenters. The molecular weight excluding hydrogens is 411 g/mol. The molecule has 0 aromatic heterocycles. The number of halogens is 3. The minimum atomic E-state index is -4.28. The molecule has 3 rings (SSSR count). The third-order valence-electron chi connectivity index (χ3n) is 3.96. The largest absolute Gasteiger partial charge is 0.507 e. The zero-order chi connectivity index (χ0) is 21.3. The first-order valence-corrected chi connectivity index (χ1v) is 9.41. The van der Waals surface area contributed by atoms with Crippen molar-refractivity contribution in [3.8, 4) is 16.9 Å². The van der Waals surface area contributed by atoms with Gasteiger partial charge in [0, 0.05) is 6.07 Å². The van der Waals surface area contributed by atoms with E-state index in [2.05, 4.69) is 4.72 Å². The van der Waals surface area contributed by atoms with Crippen molar-refractivity contribution in [1.82, 2.24) is 0 Å². The van der Waals surface area contributed by atoms with E-state index in [1.807, 2.05) is 0 Å². The van der Waals surface area contributed by atoms with E-state index in [9.17, 15) is 31.5 Å². The molecule has 0 atom stereocenters. The van der Waals surface area contributed by atoms with Crippen molar-refractivity contribution in [3.05, 3.63) is 77.6 Å². The van der Waals surface area contributed by atoms with E-state index in [1.165, 1.54) is 12.1 Å². The Morgan fingerprint density at radius 2 is 1.62 bits per heavy atom. The molecule has 0 saturated carbocycles. The van der Waals surface area contributed by atoms with Gasteiger partial charge in [-0.25, -0.2) is 26.4 Å². The Kier molecular flexibility index (Phi) is 5.21. The van der Waals surface area contributed by atoms with Gasteiger partial charge in [-0.1, -0.05) is 12.1 Å². The van der Waals surface area contributed by atoms with Crippen LogP contribution >= 0.6 is 0 Å². The van der Waals surface area contributed by atoms with Crippen molar-refractivity contribution < 1.29 is 36.6 Å². The molecule has 3 aromatic rings. The number of aromatic carboxylic acids is 1. The highest BCUT2D eigenvalue weighted by Crippen LogP contribution is 2.30. The Labute approximate surface area is 162 Å². The zero-order valence-electron chi connectivity index (χ0n) is 14.4. The second kappa shape index (κ2) is 7.47. The van der Waals surface area contributed by atoms with Crippen molar-refractivity contribution in [3.63, 3.8) is 0 Å². The second-order valence-electron chi connectivity index (χ2n) is 5.89. The van der Waals surface area contributed by atoms with Crippen LogP contribution in [0.15, 0.2) is 59.5 Å². The number of carboxylic acids is 1. The van der Waals surface area contributed by atoms with Gasteiger partial charge in [-0.15, -0.1) is 0 Å². The van der Waals surface area contributed by atoms with Gasteiger partial charge in [0.05, 0.1) is 16.1 Å². The third-order valence-corrected chi connectivity index (χ3v) is 5.34. The van der Waals surface area contributed by atoms with Gasteiger partial charge in [-0.3, -0.25) is 4.72 Å². The molecule has 6 nitrogen and oxygen atoms in total. The highest BCUT2D eigenvalue weighted by atomic mass is 32.2. The van der Waals surface area contributed by atoms with E-state index in [4.69, 9.17) is 5.11 Å². The van der Waals surface area contributed by atoms with Crippen LogP contribution < -0.4 is 4.72 Å².